The summed E-state index contributed by atoms with van der Waals surface area (Å²) in [6, 6.07) is 8.09. The van der Waals surface area contributed by atoms with Crippen molar-refractivity contribution in [2.75, 3.05) is 0 Å². The Bertz CT molecular complexity index is 1010. The van der Waals surface area contributed by atoms with Gasteiger partial charge in [-0.15, -0.1) is 0 Å². The molecule has 0 fully saturated rings. The van der Waals surface area contributed by atoms with Gasteiger partial charge < -0.3 is 15.8 Å². The van der Waals surface area contributed by atoms with Crippen LogP contribution in [0.5, 0.6) is 0 Å². The lowest BCUT2D eigenvalue weighted by Crippen LogP contribution is -2.49. The number of aromatic nitrogens is 1. The van der Waals surface area contributed by atoms with Crippen LogP contribution in [0.4, 0.5) is 13.2 Å². The van der Waals surface area contributed by atoms with Crippen molar-refractivity contribution in [3.8, 4) is 6.07 Å². The third kappa shape index (κ3) is 4.47. The van der Waals surface area contributed by atoms with Crippen molar-refractivity contribution in [3.05, 3.63) is 53.0 Å². The Morgan fingerprint density at radius 3 is 2.55 bits per heavy atom. The van der Waals surface area contributed by atoms with Crippen molar-refractivity contribution in [3.63, 3.8) is 0 Å². The Morgan fingerprint density at radius 2 is 2.03 bits per heavy atom. The van der Waals surface area contributed by atoms with E-state index < -0.39 is 23.9 Å². The summed E-state index contributed by atoms with van der Waals surface area (Å²) in [5, 5.41) is 20.4. The van der Waals surface area contributed by atoms with Gasteiger partial charge in [-0.25, -0.2) is 10.8 Å². The molecule has 0 saturated carbocycles. The number of hydrogen-bond acceptors (Lipinski definition) is 7. The van der Waals surface area contributed by atoms with Gasteiger partial charge in [0.15, 0.2) is 5.78 Å². The highest BCUT2D eigenvalue weighted by Gasteiger charge is 2.54. The third-order valence-corrected chi connectivity index (χ3v) is 4.50. The molecule has 0 saturated heterocycles. The van der Waals surface area contributed by atoms with Crippen LogP contribution >= 0.6 is 0 Å². The maximum absolute atomic E-state index is 13.1. The molecule has 1 unspecified atom stereocenters. The molecule has 2 aromatic rings. The Balaban J connectivity index is 2.37. The number of Topliss-reactive ketones (excluding diaryl/α,β-unsaturated/α-hetero) is 1. The zero-order valence-corrected chi connectivity index (χ0v) is 15.8. The maximum atomic E-state index is 13.1. The molecule has 1 heterocycles. The minimum Gasteiger partial charge on any atom is -0.398 e. The largest absolute Gasteiger partial charge is 0.422 e. The minimum atomic E-state index is -4.95. The fourth-order valence-electron chi connectivity index (χ4n) is 2.83. The van der Waals surface area contributed by atoms with Crippen LogP contribution in [0, 0.1) is 11.3 Å². The van der Waals surface area contributed by atoms with E-state index in [4.69, 9.17) is 16.8 Å². The lowest BCUT2D eigenvalue weighted by molar-refractivity contribution is -0.245. The van der Waals surface area contributed by atoms with Gasteiger partial charge in [-0.2, -0.15) is 18.4 Å². The van der Waals surface area contributed by atoms with E-state index in [1.165, 1.54) is 13.0 Å². The number of hydrazine groups is 1. The summed E-state index contributed by atoms with van der Waals surface area (Å²) in [6.45, 7) is 2.47. The number of alkyl halides is 3. The average Bonchev–Trinajstić information content (AvgIpc) is 2.64. The van der Waals surface area contributed by atoms with Crippen LogP contribution in [0.3, 0.4) is 0 Å². The quantitative estimate of drug-likeness (QED) is 0.381. The Morgan fingerprint density at radius 1 is 1.38 bits per heavy atom. The second-order valence-corrected chi connectivity index (χ2v) is 6.54. The molecule has 1 aromatic carbocycles. The van der Waals surface area contributed by atoms with E-state index in [-0.39, 0.29) is 18.0 Å². The summed E-state index contributed by atoms with van der Waals surface area (Å²) < 4.78 is 39.3. The number of nitrogens with two attached hydrogens (primary N) is 2. The number of carbonyl (C=O) groups excluding carboxylic acids is 1. The lowest BCUT2D eigenvalue weighted by Gasteiger charge is -2.30. The van der Waals surface area contributed by atoms with Gasteiger partial charge in [0.25, 0.3) is 0 Å². The minimum absolute atomic E-state index is 0.0534. The first-order valence-electron chi connectivity index (χ1n) is 8.56. The molecule has 154 valence electrons. The van der Waals surface area contributed by atoms with E-state index in [0.717, 1.165) is 18.1 Å². The van der Waals surface area contributed by atoms with Gasteiger partial charge in [-0.3, -0.25) is 4.79 Å². The van der Waals surface area contributed by atoms with Gasteiger partial charge in [0.1, 0.15) is 11.8 Å². The average molecular weight is 407 g/mol. The highest BCUT2D eigenvalue weighted by molar-refractivity contribution is 6.06. The molecule has 0 aliphatic carbocycles. The standard InChI is InChI=1S/C19H20F3N5O2/c1-3-18(29,19(20,21)22)17(24)10-27(25)9-12-4-5-14-15(11(2)28)7-13(8-23)26-16(14)6-12/h4-7,10,29H,3,9,24-25H2,1-2H3/b17-10-. The maximum Gasteiger partial charge on any atom is 0.422 e. The van der Waals surface area contributed by atoms with Crippen LogP contribution in [0.1, 0.15) is 41.9 Å². The SMILES string of the molecule is CCC(O)(/C(N)=C/N(N)Cc1ccc2c(C(C)=O)cc(C#N)nc2c1)C(F)(F)F. The van der Waals surface area contributed by atoms with Crippen LogP contribution in [0.25, 0.3) is 10.9 Å². The number of aliphatic hydroxyl groups is 1. The number of pyridine rings is 1. The van der Waals surface area contributed by atoms with Crippen LogP contribution in [-0.4, -0.2) is 32.7 Å². The van der Waals surface area contributed by atoms with Crippen molar-refractivity contribution in [2.45, 2.75) is 38.6 Å². The van der Waals surface area contributed by atoms with E-state index in [1.807, 2.05) is 6.07 Å². The molecule has 7 nitrogen and oxygen atoms in total. The predicted molar refractivity (Wildman–Crippen MR) is 99.8 cm³/mol. The molecule has 0 aliphatic rings. The Kier molecular flexibility index (Phi) is 6.15. The number of ketones is 1. The van der Waals surface area contributed by atoms with Crippen molar-refractivity contribution < 1.29 is 23.1 Å². The molecule has 29 heavy (non-hydrogen) atoms. The fourth-order valence-corrected chi connectivity index (χ4v) is 2.83. The van der Waals surface area contributed by atoms with E-state index in [2.05, 4.69) is 4.98 Å². The topological polar surface area (TPSA) is 129 Å². The zero-order chi connectivity index (χ0) is 22.0. The molecular weight excluding hydrogens is 387 g/mol. The number of fused-ring (bicyclic) bond motifs is 1. The highest BCUT2D eigenvalue weighted by atomic mass is 19.4. The van der Waals surface area contributed by atoms with Crippen LogP contribution in [0.15, 0.2) is 36.2 Å². The van der Waals surface area contributed by atoms with Crippen LogP contribution in [0.2, 0.25) is 0 Å². The third-order valence-electron chi connectivity index (χ3n) is 4.50. The number of hydrogen-bond donors (Lipinski definition) is 3. The van der Waals surface area contributed by atoms with Crippen molar-refractivity contribution in [1.82, 2.24) is 9.99 Å². The fraction of sp³-hybridized carbons (Fsp3) is 0.316. The Hall–Kier alpha value is -3.16. The summed E-state index contributed by atoms with van der Waals surface area (Å²) >= 11 is 0. The Labute approximate surface area is 165 Å². The van der Waals surface area contributed by atoms with Crippen molar-refractivity contribution in [2.24, 2.45) is 11.6 Å². The number of nitrogens with zero attached hydrogens (tertiary/aromatic N) is 3. The van der Waals surface area contributed by atoms with Gasteiger partial charge in [0, 0.05) is 17.1 Å². The number of rotatable bonds is 6. The van der Waals surface area contributed by atoms with E-state index in [9.17, 15) is 23.1 Å². The van der Waals surface area contributed by atoms with Gasteiger partial charge in [0.05, 0.1) is 17.8 Å². The first kappa shape index (κ1) is 22.1. The van der Waals surface area contributed by atoms with E-state index >= 15 is 0 Å². The van der Waals surface area contributed by atoms with E-state index in [0.29, 0.717) is 22.0 Å². The van der Waals surface area contributed by atoms with E-state index in [1.54, 1.807) is 18.2 Å². The molecule has 2 rings (SSSR count). The zero-order valence-electron chi connectivity index (χ0n) is 15.8. The second-order valence-electron chi connectivity index (χ2n) is 6.54. The molecule has 1 atom stereocenters. The van der Waals surface area contributed by atoms with Gasteiger partial charge >= 0.3 is 6.18 Å². The first-order valence-corrected chi connectivity index (χ1v) is 8.56. The summed E-state index contributed by atoms with van der Waals surface area (Å²) in [5.74, 6) is 5.52. The smallest absolute Gasteiger partial charge is 0.398 e. The summed E-state index contributed by atoms with van der Waals surface area (Å²) in [4.78, 5) is 16.0. The molecule has 0 spiro atoms. The van der Waals surface area contributed by atoms with Crippen LogP contribution in [-0.2, 0) is 6.54 Å². The van der Waals surface area contributed by atoms with Gasteiger partial charge in [-0.05, 0) is 31.0 Å². The molecule has 0 bridgehead atoms. The molecule has 10 heteroatoms. The molecule has 1 aromatic heterocycles. The molecule has 0 amide bonds. The van der Waals surface area contributed by atoms with Gasteiger partial charge in [0.2, 0.25) is 5.60 Å². The number of halogens is 3. The lowest BCUT2D eigenvalue weighted by atomic mass is 9.96. The summed E-state index contributed by atoms with van der Waals surface area (Å²) in [7, 11) is 0. The number of carbonyl (C=O) groups is 1. The molecule has 5 N–H and O–H groups in total. The molecular formula is C19H20F3N5O2. The summed E-state index contributed by atoms with van der Waals surface area (Å²) in [5.41, 5.74) is 2.77. The highest BCUT2D eigenvalue weighted by Crippen LogP contribution is 2.36. The first-order chi connectivity index (χ1) is 13.4. The van der Waals surface area contributed by atoms with Crippen LogP contribution < -0.4 is 11.6 Å². The van der Waals surface area contributed by atoms with Crippen molar-refractivity contribution in [1.29, 1.82) is 5.26 Å². The van der Waals surface area contributed by atoms with Crippen molar-refractivity contribution >= 4 is 16.7 Å². The monoisotopic (exact) mass is 407 g/mol. The molecule has 0 radical (unpaired) electrons. The second kappa shape index (κ2) is 8.06. The summed E-state index contributed by atoms with van der Waals surface area (Å²) in [6.07, 6.45) is -4.80. The molecule has 0 aliphatic heterocycles. The number of benzene rings is 1. The predicted octanol–water partition coefficient (Wildman–Crippen LogP) is 2.49. The number of nitriles is 1. The normalized spacial score (nSPS) is 14.3. The van der Waals surface area contributed by atoms with Gasteiger partial charge in [-0.1, -0.05) is 19.1 Å².